The Hall–Kier alpha value is -0.830. The first-order valence-electron chi connectivity index (χ1n) is 6.26. The third kappa shape index (κ3) is 5.67. The summed E-state index contributed by atoms with van der Waals surface area (Å²) in [6.45, 7) is 4.93. The molecule has 1 rings (SSSR count). The smallest absolute Gasteiger partial charge is 0.330 e. The van der Waals surface area contributed by atoms with Gasteiger partial charge in [0.2, 0.25) is 0 Å². The van der Waals surface area contributed by atoms with Crippen LogP contribution in [-0.4, -0.2) is 26.0 Å². The summed E-state index contributed by atoms with van der Waals surface area (Å²) in [5, 5.41) is 0. The molecule has 0 atom stereocenters. The molecule has 102 valence electrons. The number of hydrogen-bond donors (Lipinski definition) is 0. The molecule has 0 radical (unpaired) electrons. The Labute approximate surface area is 109 Å². The summed E-state index contributed by atoms with van der Waals surface area (Å²) in [7, 11) is -2.92. The highest BCUT2D eigenvalue weighted by Gasteiger charge is 2.22. The largest absolute Gasteiger partial charge is 0.494 e. The predicted molar refractivity (Wildman–Crippen MR) is 72.3 cm³/mol. The second-order valence-electron chi connectivity index (χ2n) is 3.69. The van der Waals surface area contributed by atoms with Gasteiger partial charge in [-0.1, -0.05) is 18.2 Å². The van der Waals surface area contributed by atoms with Crippen molar-refractivity contribution in [1.29, 1.82) is 0 Å². The van der Waals surface area contributed by atoms with Gasteiger partial charge in [0.1, 0.15) is 5.75 Å². The van der Waals surface area contributed by atoms with E-state index < -0.39 is 7.60 Å². The van der Waals surface area contributed by atoms with Crippen LogP contribution in [0.2, 0.25) is 0 Å². The fourth-order valence-corrected chi connectivity index (χ4v) is 3.16. The number of para-hydroxylation sites is 1. The lowest BCUT2D eigenvalue weighted by molar-refractivity contribution is 0.216. The van der Waals surface area contributed by atoms with Crippen LogP contribution < -0.4 is 4.74 Å². The van der Waals surface area contributed by atoms with Crippen LogP contribution in [0.15, 0.2) is 30.3 Å². The molecule has 1 aromatic rings. The zero-order valence-corrected chi connectivity index (χ0v) is 11.9. The van der Waals surface area contributed by atoms with E-state index in [0.29, 0.717) is 32.4 Å². The molecule has 0 unspecified atom stereocenters. The Morgan fingerprint density at radius 2 is 1.67 bits per heavy atom. The molecule has 0 aliphatic carbocycles. The molecule has 0 aromatic heterocycles. The van der Waals surface area contributed by atoms with E-state index in [2.05, 4.69) is 0 Å². The summed E-state index contributed by atoms with van der Waals surface area (Å²) < 4.78 is 28.0. The lowest BCUT2D eigenvalue weighted by Crippen LogP contribution is -2.05. The summed E-state index contributed by atoms with van der Waals surface area (Å²) in [5.74, 6) is 0.820. The third-order valence-corrected chi connectivity index (χ3v) is 4.41. The van der Waals surface area contributed by atoms with Crippen LogP contribution in [0.3, 0.4) is 0 Å². The maximum atomic E-state index is 12.1. The Kier molecular flexibility index (Phi) is 7.02. The van der Waals surface area contributed by atoms with Crippen LogP contribution in [0.4, 0.5) is 0 Å². The van der Waals surface area contributed by atoms with E-state index >= 15 is 0 Å². The van der Waals surface area contributed by atoms with Gasteiger partial charge < -0.3 is 13.8 Å². The maximum Gasteiger partial charge on any atom is 0.330 e. The molecular formula is C13H21O4P. The van der Waals surface area contributed by atoms with Crippen LogP contribution in [0.5, 0.6) is 5.75 Å². The monoisotopic (exact) mass is 272 g/mol. The van der Waals surface area contributed by atoms with Crippen LogP contribution >= 0.6 is 7.60 Å². The van der Waals surface area contributed by atoms with Gasteiger partial charge >= 0.3 is 7.60 Å². The molecule has 0 saturated heterocycles. The van der Waals surface area contributed by atoms with E-state index in [4.69, 9.17) is 13.8 Å². The highest BCUT2D eigenvalue weighted by molar-refractivity contribution is 7.53. The van der Waals surface area contributed by atoms with Crippen molar-refractivity contribution in [2.45, 2.75) is 20.3 Å². The fraction of sp³-hybridized carbons (Fsp3) is 0.538. The van der Waals surface area contributed by atoms with Gasteiger partial charge in [-0.3, -0.25) is 4.57 Å². The number of ether oxygens (including phenoxy) is 1. The van der Waals surface area contributed by atoms with Crippen molar-refractivity contribution in [3.8, 4) is 5.75 Å². The Balaban J connectivity index is 2.29. The van der Waals surface area contributed by atoms with E-state index in [9.17, 15) is 4.57 Å². The number of hydrogen-bond acceptors (Lipinski definition) is 4. The zero-order chi connectivity index (χ0) is 13.3. The first-order valence-corrected chi connectivity index (χ1v) is 7.99. The van der Waals surface area contributed by atoms with Crippen molar-refractivity contribution in [3.63, 3.8) is 0 Å². The van der Waals surface area contributed by atoms with Crippen molar-refractivity contribution in [1.82, 2.24) is 0 Å². The van der Waals surface area contributed by atoms with Crippen molar-refractivity contribution < 1.29 is 18.3 Å². The molecule has 0 N–H and O–H groups in total. The Bertz CT molecular complexity index is 357. The molecule has 0 fully saturated rings. The summed E-state index contributed by atoms with van der Waals surface area (Å²) >= 11 is 0. The third-order valence-electron chi connectivity index (χ3n) is 2.24. The van der Waals surface area contributed by atoms with E-state index in [1.807, 2.05) is 44.2 Å². The van der Waals surface area contributed by atoms with Crippen LogP contribution in [-0.2, 0) is 13.6 Å². The second kappa shape index (κ2) is 8.30. The summed E-state index contributed by atoms with van der Waals surface area (Å²) in [4.78, 5) is 0. The van der Waals surface area contributed by atoms with Crippen molar-refractivity contribution in [3.05, 3.63) is 30.3 Å². The molecule has 0 saturated carbocycles. The topological polar surface area (TPSA) is 44.8 Å². The standard InChI is InChI=1S/C13H21O4P/c1-3-16-18(14,17-4-2)12-8-11-15-13-9-6-5-7-10-13/h5-7,9-10H,3-4,8,11-12H2,1-2H3. The average molecular weight is 272 g/mol. The first-order chi connectivity index (χ1) is 8.70. The lowest BCUT2D eigenvalue weighted by Gasteiger charge is -2.16. The lowest BCUT2D eigenvalue weighted by atomic mass is 10.3. The summed E-state index contributed by atoms with van der Waals surface area (Å²) in [5.41, 5.74) is 0. The molecule has 1 aromatic carbocycles. The van der Waals surface area contributed by atoms with Gasteiger partial charge in [0.05, 0.1) is 26.0 Å². The van der Waals surface area contributed by atoms with Gasteiger partial charge in [-0.05, 0) is 32.4 Å². The molecule has 0 spiro atoms. The van der Waals surface area contributed by atoms with E-state index in [1.54, 1.807) is 0 Å². The quantitative estimate of drug-likeness (QED) is 0.507. The van der Waals surface area contributed by atoms with Gasteiger partial charge in [-0.2, -0.15) is 0 Å². The normalized spacial score (nSPS) is 11.4. The van der Waals surface area contributed by atoms with E-state index in [-0.39, 0.29) is 0 Å². The molecule has 0 bridgehead atoms. The minimum atomic E-state index is -2.92. The van der Waals surface area contributed by atoms with Gasteiger partial charge in [0, 0.05) is 0 Å². The van der Waals surface area contributed by atoms with Crippen LogP contribution in [0, 0.1) is 0 Å². The Morgan fingerprint density at radius 3 is 2.22 bits per heavy atom. The zero-order valence-electron chi connectivity index (χ0n) is 11.0. The Morgan fingerprint density at radius 1 is 1.06 bits per heavy atom. The minimum Gasteiger partial charge on any atom is -0.494 e. The van der Waals surface area contributed by atoms with Crippen LogP contribution in [0.1, 0.15) is 20.3 Å². The molecule has 4 nitrogen and oxygen atoms in total. The molecule has 0 heterocycles. The van der Waals surface area contributed by atoms with Crippen LogP contribution in [0.25, 0.3) is 0 Å². The molecular weight excluding hydrogens is 251 g/mol. The van der Waals surface area contributed by atoms with Gasteiger partial charge in [-0.15, -0.1) is 0 Å². The molecule has 5 heteroatoms. The summed E-state index contributed by atoms with van der Waals surface area (Å²) in [6.07, 6.45) is 1.04. The average Bonchev–Trinajstić information content (AvgIpc) is 2.37. The predicted octanol–water partition coefficient (Wildman–Crippen LogP) is 3.72. The van der Waals surface area contributed by atoms with E-state index in [0.717, 1.165) is 5.75 Å². The fourth-order valence-electron chi connectivity index (χ4n) is 1.52. The first kappa shape index (κ1) is 15.2. The molecule has 18 heavy (non-hydrogen) atoms. The second-order valence-corrected chi connectivity index (χ2v) is 5.87. The van der Waals surface area contributed by atoms with Gasteiger partial charge in [-0.25, -0.2) is 0 Å². The minimum absolute atomic E-state index is 0.390. The van der Waals surface area contributed by atoms with Gasteiger partial charge in [0.15, 0.2) is 0 Å². The highest BCUT2D eigenvalue weighted by Crippen LogP contribution is 2.48. The molecule has 0 amide bonds. The van der Waals surface area contributed by atoms with Crippen molar-refractivity contribution in [2.75, 3.05) is 26.0 Å². The molecule has 0 aliphatic heterocycles. The number of rotatable bonds is 9. The highest BCUT2D eigenvalue weighted by atomic mass is 31.2. The maximum absolute atomic E-state index is 12.1. The van der Waals surface area contributed by atoms with Crippen molar-refractivity contribution in [2.24, 2.45) is 0 Å². The summed E-state index contributed by atoms with van der Waals surface area (Å²) in [6, 6.07) is 9.56. The van der Waals surface area contributed by atoms with E-state index in [1.165, 1.54) is 0 Å². The number of benzene rings is 1. The SMILES string of the molecule is CCOP(=O)(CCCOc1ccccc1)OCC. The van der Waals surface area contributed by atoms with Gasteiger partial charge in [0.25, 0.3) is 0 Å². The van der Waals surface area contributed by atoms with Crippen molar-refractivity contribution >= 4 is 7.60 Å². The molecule has 0 aliphatic rings.